The van der Waals surface area contributed by atoms with Crippen LogP contribution in [0.15, 0.2) is 16.8 Å². The maximum atomic E-state index is 12.2. The van der Waals surface area contributed by atoms with Gasteiger partial charge >= 0.3 is 0 Å². The van der Waals surface area contributed by atoms with Gasteiger partial charge in [0, 0.05) is 19.7 Å². The average molecular weight is 265 g/mol. The highest BCUT2D eigenvalue weighted by atomic mass is 32.1. The Hall–Kier alpha value is -0.870. The van der Waals surface area contributed by atoms with E-state index in [9.17, 15) is 4.79 Å². The van der Waals surface area contributed by atoms with E-state index < -0.39 is 0 Å². The third kappa shape index (κ3) is 2.45. The molecule has 0 unspecified atom stereocenters. The van der Waals surface area contributed by atoms with E-state index in [1.54, 1.807) is 11.3 Å². The number of hydrogen-bond donors (Lipinski definition) is 0. The Labute approximate surface area is 112 Å². The molecule has 18 heavy (non-hydrogen) atoms. The molecule has 3 rings (SSSR count). The van der Waals surface area contributed by atoms with E-state index in [-0.39, 0.29) is 5.92 Å². The van der Waals surface area contributed by atoms with Gasteiger partial charge < -0.3 is 9.64 Å². The van der Waals surface area contributed by atoms with E-state index in [2.05, 4.69) is 16.8 Å². The summed E-state index contributed by atoms with van der Waals surface area (Å²) in [4.78, 5) is 14.3. The predicted molar refractivity (Wildman–Crippen MR) is 71.8 cm³/mol. The summed E-state index contributed by atoms with van der Waals surface area (Å²) in [5.74, 6) is 1.10. The lowest BCUT2D eigenvalue weighted by atomic mass is 9.91. The SMILES string of the molecule is O=C([C@@H]1CCOC1)N1CCC(c2ccsc2)CC1. The van der Waals surface area contributed by atoms with Crippen molar-refractivity contribution in [3.63, 3.8) is 0 Å². The second kappa shape index (κ2) is 5.41. The molecule has 1 aromatic rings. The minimum absolute atomic E-state index is 0.127. The molecule has 0 aromatic carbocycles. The first-order chi connectivity index (χ1) is 8.84. The summed E-state index contributed by atoms with van der Waals surface area (Å²) >= 11 is 1.76. The van der Waals surface area contributed by atoms with Crippen molar-refractivity contribution in [1.29, 1.82) is 0 Å². The Balaban J connectivity index is 1.55. The van der Waals surface area contributed by atoms with Crippen LogP contribution in [0.3, 0.4) is 0 Å². The molecule has 1 aromatic heterocycles. The van der Waals surface area contributed by atoms with Crippen LogP contribution in [0.4, 0.5) is 0 Å². The highest BCUT2D eigenvalue weighted by Crippen LogP contribution is 2.30. The van der Waals surface area contributed by atoms with Crippen LogP contribution in [0, 0.1) is 5.92 Å². The van der Waals surface area contributed by atoms with E-state index in [1.807, 2.05) is 4.90 Å². The van der Waals surface area contributed by atoms with E-state index in [0.29, 0.717) is 18.4 Å². The summed E-state index contributed by atoms with van der Waals surface area (Å²) in [7, 11) is 0. The number of rotatable bonds is 2. The van der Waals surface area contributed by atoms with Gasteiger partial charge in [0.2, 0.25) is 5.91 Å². The normalized spacial score (nSPS) is 25.6. The summed E-state index contributed by atoms with van der Waals surface area (Å²) < 4.78 is 5.30. The number of ether oxygens (including phenoxy) is 1. The Bertz CT molecular complexity index is 390. The molecule has 0 radical (unpaired) electrons. The summed E-state index contributed by atoms with van der Waals surface area (Å²) in [6.07, 6.45) is 3.12. The zero-order valence-corrected chi connectivity index (χ0v) is 11.3. The van der Waals surface area contributed by atoms with Crippen molar-refractivity contribution in [2.24, 2.45) is 5.92 Å². The lowest BCUT2D eigenvalue weighted by molar-refractivity contribution is -0.136. The molecule has 0 aliphatic carbocycles. The van der Waals surface area contributed by atoms with Gasteiger partial charge in [-0.25, -0.2) is 0 Å². The van der Waals surface area contributed by atoms with Gasteiger partial charge in [0.15, 0.2) is 0 Å². The van der Waals surface area contributed by atoms with Gasteiger partial charge in [0.25, 0.3) is 0 Å². The number of likely N-dealkylation sites (tertiary alicyclic amines) is 1. The van der Waals surface area contributed by atoms with Crippen molar-refractivity contribution in [3.05, 3.63) is 22.4 Å². The largest absolute Gasteiger partial charge is 0.381 e. The molecule has 0 bridgehead atoms. The number of piperidine rings is 1. The molecule has 2 fully saturated rings. The Morgan fingerprint density at radius 1 is 1.33 bits per heavy atom. The van der Waals surface area contributed by atoms with Crippen LogP contribution in [0.5, 0.6) is 0 Å². The fraction of sp³-hybridized carbons (Fsp3) is 0.643. The van der Waals surface area contributed by atoms with Crippen LogP contribution in [-0.2, 0) is 9.53 Å². The summed E-state index contributed by atoms with van der Waals surface area (Å²) in [6.45, 7) is 3.21. The van der Waals surface area contributed by atoms with Gasteiger partial charge in [-0.15, -0.1) is 0 Å². The monoisotopic (exact) mass is 265 g/mol. The van der Waals surface area contributed by atoms with E-state index in [0.717, 1.165) is 39.0 Å². The fourth-order valence-electron chi connectivity index (χ4n) is 2.93. The molecule has 1 amide bonds. The van der Waals surface area contributed by atoms with Crippen LogP contribution in [-0.4, -0.2) is 37.1 Å². The van der Waals surface area contributed by atoms with Crippen LogP contribution in [0.25, 0.3) is 0 Å². The minimum Gasteiger partial charge on any atom is -0.381 e. The molecular weight excluding hydrogens is 246 g/mol. The first-order valence-corrected chi connectivity index (χ1v) is 7.67. The highest BCUT2D eigenvalue weighted by Gasteiger charge is 2.30. The number of hydrogen-bond acceptors (Lipinski definition) is 3. The third-order valence-corrected chi connectivity index (χ3v) is 4.80. The molecule has 0 saturated carbocycles. The van der Waals surface area contributed by atoms with Crippen molar-refractivity contribution in [3.8, 4) is 0 Å². The van der Waals surface area contributed by atoms with Gasteiger partial charge in [-0.1, -0.05) is 0 Å². The fourth-order valence-corrected chi connectivity index (χ4v) is 3.67. The van der Waals surface area contributed by atoms with Crippen molar-refractivity contribution >= 4 is 17.2 Å². The van der Waals surface area contributed by atoms with Crippen molar-refractivity contribution in [1.82, 2.24) is 4.90 Å². The highest BCUT2D eigenvalue weighted by molar-refractivity contribution is 7.07. The molecule has 3 heterocycles. The van der Waals surface area contributed by atoms with Crippen LogP contribution in [0.2, 0.25) is 0 Å². The average Bonchev–Trinajstić information content (AvgIpc) is 3.11. The van der Waals surface area contributed by atoms with Crippen molar-refractivity contribution < 1.29 is 9.53 Å². The predicted octanol–water partition coefficient (Wildman–Crippen LogP) is 2.49. The Morgan fingerprint density at radius 3 is 2.78 bits per heavy atom. The van der Waals surface area contributed by atoms with Crippen LogP contribution in [0.1, 0.15) is 30.7 Å². The van der Waals surface area contributed by atoms with Crippen LogP contribution >= 0.6 is 11.3 Å². The number of carbonyl (C=O) groups excluding carboxylic acids is 1. The zero-order chi connectivity index (χ0) is 12.4. The molecule has 1 atom stereocenters. The van der Waals surface area contributed by atoms with Gasteiger partial charge in [0.05, 0.1) is 12.5 Å². The first kappa shape index (κ1) is 12.2. The Kier molecular flexibility index (Phi) is 3.66. The summed E-state index contributed by atoms with van der Waals surface area (Å²) in [6, 6.07) is 2.22. The van der Waals surface area contributed by atoms with Crippen LogP contribution < -0.4 is 0 Å². The third-order valence-electron chi connectivity index (χ3n) is 4.10. The molecule has 2 aliphatic heterocycles. The minimum atomic E-state index is 0.127. The second-order valence-electron chi connectivity index (χ2n) is 5.22. The zero-order valence-electron chi connectivity index (χ0n) is 10.5. The van der Waals surface area contributed by atoms with Crippen molar-refractivity contribution in [2.45, 2.75) is 25.2 Å². The van der Waals surface area contributed by atoms with E-state index in [1.165, 1.54) is 5.56 Å². The standard InChI is InChI=1S/C14H19NO2S/c16-14(12-3-7-17-9-12)15-5-1-11(2-6-15)13-4-8-18-10-13/h4,8,10-12H,1-3,5-7,9H2/t12-/m1/s1. The summed E-state index contributed by atoms with van der Waals surface area (Å²) in [5, 5.41) is 4.38. The van der Waals surface area contributed by atoms with E-state index in [4.69, 9.17) is 4.74 Å². The molecular formula is C14H19NO2S. The number of carbonyl (C=O) groups is 1. The van der Waals surface area contributed by atoms with Gasteiger partial charge in [-0.2, -0.15) is 11.3 Å². The molecule has 0 N–H and O–H groups in total. The molecule has 98 valence electrons. The lowest BCUT2D eigenvalue weighted by Gasteiger charge is -2.33. The maximum Gasteiger partial charge on any atom is 0.228 e. The van der Waals surface area contributed by atoms with Gasteiger partial charge in [0.1, 0.15) is 0 Å². The topological polar surface area (TPSA) is 29.5 Å². The smallest absolute Gasteiger partial charge is 0.228 e. The number of thiophene rings is 1. The molecule has 2 aliphatic rings. The lowest BCUT2D eigenvalue weighted by Crippen LogP contribution is -2.41. The molecule has 3 nitrogen and oxygen atoms in total. The molecule has 2 saturated heterocycles. The van der Waals surface area contributed by atoms with Crippen molar-refractivity contribution in [2.75, 3.05) is 26.3 Å². The van der Waals surface area contributed by atoms with E-state index >= 15 is 0 Å². The quantitative estimate of drug-likeness (QED) is 0.822. The Morgan fingerprint density at radius 2 is 2.17 bits per heavy atom. The molecule has 4 heteroatoms. The molecule has 0 spiro atoms. The summed E-state index contributed by atoms with van der Waals surface area (Å²) in [5.41, 5.74) is 1.45. The number of nitrogens with zero attached hydrogens (tertiary/aromatic N) is 1. The maximum absolute atomic E-state index is 12.2. The first-order valence-electron chi connectivity index (χ1n) is 6.73. The second-order valence-corrected chi connectivity index (χ2v) is 6.00. The van der Waals surface area contributed by atoms with Gasteiger partial charge in [-0.05, 0) is 47.6 Å². The number of amides is 1. The van der Waals surface area contributed by atoms with Gasteiger partial charge in [-0.3, -0.25) is 4.79 Å².